The molecule has 0 heterocycles. The van der Waals surface area contributed by atoms with Gasteiger partial charge in [0.05, 0.1) is 25.2 Å². The molecule has 140 valence electrons. The molecule has 3 aromatic rings. The van der Waals surface area contributed by atoms with Crippen molar-refractivity contribution in [2.24, 2.45) is 0 Å². The smallest absolute Gasteiger partial charge is 0.227 e. The molecule has 0 aliphatic rings. The second-order valence-corrected chi connectivity index (χ2v) is 6.84. The maximum absolute atomic E-state index is 12.7. The summed E-state index contributed by atoms with van der Waals surface area (Å²) in [5.74, 6) is 0.318. The number of fused-ring (bicyclic) bond motifs is 1. The SMILES string of the molecule is COc1ccc([C@H](O)[C@H](C)NC(=O)[C@@H](C)c2ccc3ccccc3c2)cc1. The van der Waals surface area contributed by atoms with E-state index in [0.29, 0.717) is 0 Å². The number of aliphatic hydroxyl groups excluding tert-OH is 1. The molecule has 4 heteroatoms. The molecular formula is C23H25NO3. The Bertz CT molecular complexity index is 920. The number of methoxy groups -OCH3 is 1. The molecule has 0 aromatic heterocycles. The van der Waals surface area contributed by atoms with Gasteiger partial charge in [0.15, 0.2) is 0 Å². The van der Waals surface area contributed by atoms with Crippen molar-refractivity contribution in [3.63, 3.8) is 0 Å². The van der Waals surface area contributed by atoms with Crippen molar-refractivity contribution < 1.29 is 14.6 Å². The predicted octanol–water partition coefficient (Wildman–Crippen LogP) is 4.19. The number of ether oxygens (including phenoxy) is 1. The predicted molar refractivity (Wildman–Crippen MR) is 108 cm³/mol. The van der Waals surface area contributed by atoms with Gasteiger partial charge in [-0.15, -0.1) is 0 Å². The number of nitrogens with one attached hydrogen (secondary N) is 1. The molecule has 27 heavy (non-hydrogen) atoms. The molecule has 0 bridgehead atoms. The van der Waals surface area contributed by atoms with Crippen LogP contribution in [0.2, 0.25) is 0 Å². The molecule has 3 aromatic carbocycles. The first-order valence-electron chi connectivity index (χ1n) is 9.10. The van der Waals surface area contributed by atoms with Crippen LogP contribution >= 0.6 is 0 Å². The molecule has 0 saturated heterocycles. The fraction of sp³-hybridized carbons (Fsp3) is 0.261. The molecule has 0 radical (unpaired) electrons. The molecule has 1 amide bonds. The molecule has 0 spiro atoms. The van der Waals surface area contributed by atoms with Crippen LogP contribution in [0.15, 0.2) is 66.7 Å². The first kappa shape index (κ1) is 18.9. The highest BCUT2D eigenvalue weighted by molar-refractivity contribution is 5.87. The van der Waals surface area contributed by atoms with Gasteiger partial charge in [0.1, 0.15) is 5.75 Å². The average Bonchev–Trinajstić information content (AvgIpc) is 2.72. The molecular weight excluding hydrogens is 338 g/mol. The highest BCUT2D eigenvalue weighted by Gasteiger charge is 2.22. The first-order valence-corrected chi connectivity index (χ1v) is 9.10. The van der Waals surface area contributed by atoms with Crippen molar-refractivity contribution in [3.8, 4) is 5.75 Å². The highest BCUT2D eigenvalue weighted by Crippen LogP contribution is 2.24. The van der Waals surface area contributed by atoms with E-state index < -0.39 is 12.1 Å². The minimum Gasteiger partial charge on any atom is -0.497 e. The number of hydrogen-bond donors (Lipinski definition) is 2. The Balaban J connectivity index is 1.68. The summed E-state index contributed by atoms with van der Waals surface area (Å²) in [6.07, 6.45) is -0.788. The Labute approximate surface area is 159 Å². The number of amides is 1. The van der Waals surface area contributed by atoms with Crippen LogP contribution < -0.4 is 10.1 Å². The Morgan fingerprint density at radius 1 is 0.926 bits per heavy atom. The number of hydrogen-bond acceptors (Lipinski definition) is 3. The molecule has 0 fully saturated rings. The van der Waals surface area contributed by atoms with Gasteiger partial charge in [-0.05, 0) is 47.9 Å². The fourth-order valence-electron chi connectivity index (χ4n) is 3.15. The Hall–Kier alpha value is -2.85. The maximum atomic E-state index is 12.7. The van der Waals surface area contributed by atoms with E-state index in [1.165, 1.54) is 0 Å². The van der Waals surface area contributed by atoms with E-state index in [4.69, 9.17) is 4.74 Å². The second kappa shape index (κ2) is 8.23. The summed E-state index contributed by atoms with van der Waals surface area (Å²) in [4.78, 5) is 12.7. The Kier molecular flexibility index (Phi) is 5.77. The van der Waals surface area contributed by atoms with Gasteiger partial charge < -0.3 is 15.2 Å². The topological polar surface area (TPSA) is 58.6 Å². The van der Waals surface area contributed by atoms with Gasteiger partial charge >= 0.3 is 0 Å². The van der Waals surface area contributed by atoms with Crippen molar-refractivity contribution in [1.29, 1.82) is 0 Å². The second-order valence-electron chi connectivity index (χ2n) is 6.84. The number of rotatable bonds is 6. The van der Waals surface area contributed by atoms with Crippen molar-refractivity contribution >= 4 is 16.7 Å². The molecule has 0 aliphatic carbocycles. The Morgan fingerprint density at radius 2 is 1.56 bits per heavy atom. The van der Waals surface area contributed by atoms with E-state index in [-0.39, 0.29) is 11.8 Å². The van der Waals surface area contributed by atoms with E-state index in [1.54, 1.807) is 38.3 Å². The summed E-state index contributed by atoms with van der Waals surface area (Å²) >= 11 is 0. The third-order valence-electron chi connectivity index (χ3n) is 4.97. The molecule has 4 nitrogen and oxygen atoms in total. The van der Waals surface area contributed by atoms with Crippen LogP contribution in [0.5, 0.6) is 5.75 Å². The van der Waals surface area contributed by atoms with Crippen molar-refractivity contribution in [1.82, 2.24) is 5.32 Å². The average molecular weight is 363 g/mol. The van der Waals surface area contributed by atoms with Gasteiger partial charge in [0.25, 0.3) is 0 Å². The van der Waals surface area contributed by atoms with Crippen LogP contribution in [0.4, 0.5) is 0 Å². The third kappa shape index (κ3) is 4.29. The largest absolute Gasteiger partial charge is 0.497 e. The highest BCUT2D eigenvalue weighted by atomic mass is 16.5. The van der Waals surface area contributed by atoms with Gasteiger partial charge in [-0.1, -0.05) is 54.6 Å². The van der Waals surface area contributed by atoms with Crippen LogP contribution in [0, 0.1) is 0 Å². The van der Waals surface area contributed by atoms with Crippen LogP contribution in [0.3, 0.4) is 0 Å². The lowest BCUT2D eigenvalue weighted by Crippen LogP contribution is -2.39. The molecule has 0 unspecified atom stereocenters. The summed E-state index contributed by atoms with van der Waals surface area (Å²) in [5, 5.41) is 15.7. The molecule has 0 saturated carbocycles. The van der Waals surface area contributed by atoms with E-state index in [2.05, 4.69) is 11.4 Å². The number of carbonyl (C=O) groups is 1. The normalized spacial score (nSPS) is 14.4. The number of aliphatic hydroxyl groups is 1. The molecule has 0 aliphatic heterocycles. The summed E-state index contributed by atoms with van der Waals surface area (Å²) in [6, 6.07) is 20.9. The number of carbonyl (C=O) groups excluding carboxylic acids is 1. The first-order chi connectivity index (χ1) is 13.0. The summed E-state index contributed by atoms with van der Waals surface area (Å²) in [5.41, 5.74) is 1.69. The standard InChI is InChI=1S/C23H25NO3/c1-15(19-9-8-17-6-4-5-7-20(17)14-19)23(26)24-16(2)22(25)18-10-12-21(27-3)13-11-18/h4-16,22,25H,1-3H3,(H,24,26)/t15-,16-,22+/m0/s1. The summed E-state index contributed by atoms with van der Waals surface area (Å²) in [6.45, 7) is 3.69. The van der Waals surface area contributed by atoms with Gasteiger partial charge in [-0.3, -0.25) is 4.79 Å². The van der Waals surface area contributed by atoms with Crippen LogP contribution in [-0.2, 0) is 4.79 Å². The third-order valence-corrected chi connectivity index (χ3v) is 4.97. The van der Waals surface area contributed by atoms with Crippen molar-refractivity contribution in [2.75, 3.05) is 7.11 Å². The lowest BCUT2D eigenvalue weighted by molar-refractivity contribution is -0.123. The lowest BCUT2D eigenvalue weighted by atomic mass is 9.96. The van der Waals surface area contributed by atoms with Crippen LogP contribution in [0.25, 0.3) is 10.8 Å². The quantitative estimate of drug-likeness (QED) is 0.690. The lowest BCUT2D eigenvalue weighted by Gasteiger charge is -2.23. The molecule has 3 atom stereocenters. The fourth-order valence-corrected chi connectivity index (χ4v) is 3.15. The van der Waals surface area contributed by atoms with Crippen molar-refractivity contribution in [2.45, 2.75) is 31.9 Å². The number of benzene rings is 3. The summed E-state index contributed by atoms with van der Waals surface area (Å²) < 4.78 is 5.13. The molecule has 2 N–H and O–H groups in total. The van der Waals surface area contributed by atoms with E-state index in [0.717, 1.165) is 27.6 Å². The van der Waals surface area contributed by atoms with E-state index in [9.17, 15) is 9.90 Å². The zero-order valence-corrected chi connectivity index (χ0v) is 15.8. The minimum atomic E-state index is -0.788. The maximum Gasteiger partial charge on any atom is 0.227 e. The van der Waals surface area contributed by atoms with Gasteiger partial charge in [0, 0.05) is 0 Å². The van der Waals surface area contributed by atoms with Crippen molar-refractivity contribution in [3.05, 3.63) is 77.9 Å². The van der Waals surface area contributed by atoms with Crippen LogP contribution in [0.1, 0.15) is 37.0 Å². The van der Waals surface area contributed by atoms with Gasteiger partial charge in [0.2, 0.25) is 5.91 Å². The summed E-state index contributed by atoms with van der Waals surface area (Å²) in [7, 11) is 1.60. The van der Waals surface area contributed by atoms with Gasteiger partial charge in [-0.25, -0.2) is 0 Å². The van der Waals surface area contributed by atoms with E-state index in [1.807, 2.05) is 43.3 Å². The Morgan fingerprint density at radius 3 is 2.22 bits per heavy atom. The molecule has 3 rings (SSSR count). The van der Waals surface area contributed by atoms with E-state index >= 15 is 0 Å². The van der Waals surface area contributed by atoms with Gasteiger partial charge in [-0.2, -0.15) is 0 Å². The van der Waals surface area contributed by atoms with Crippen LogP contribution in [-0.4, -0.2) is 24.2 Å². The zero-order valence-electron chi connectivity index (χ0n) is 15.8. The zero-order chi connectivity index (χ0) is 19.4. The minimum absolute atomic E-state index is 0.106. The monoisotopic (exact) mass is 363 g/mol.